The summed E-state index contributed by atoms with van der Waals surface area (Å²) >= 11 is 0. The van der Waals surface area contributed by atoms with Gasteiger partial charge < -0.3 is 5.32 Å². The molecule has 3 aromatic carbocycles. The van der Waals surface area contributed by atoms with Gasteiger partial charge in [-0.2, -0.15) is 13.2 Å². The Labute approximate surface area is 204 Å². The van der Waals surface area contributed by atoms with Gasteiger partial charge in [-0.25, -0.2) is 0 Å². The van der Waals surface area contributed by atoms with Crippen LogP contribution in [-0.2, 0) is 12.6 Å². The zero-order valence-corrected chi connectivity index (χ0v) is 20.4. The fourth-order valence-corrected chi connectivity index (χ4v) is 3.71. The Morgan fingerprint density at radius 3 is 2.00 bits per heavy atom. The van der Waals surface area contributed by atoms with E-state index in [9.17, 15) is 13.2 Å². The summed E-state index contributed by atoms with van der Waals surface area (Å²) in [6, 6.07) is 23.8. The van der Waals surface area contributed by atoms with Crippen LogP contribution in [0.25, 0.3) is 0 Å². The van der Waals surface area contributed by atoms with E-state index in [1.807, 2.05) is 46.0 Å². The predicted octanol–water partition coefficient (Wildman–Crippen LogP) is 8.27. The van der Waals surface area contributed by atoms with Gasteiger partial charge in [0.15, 0.2) is 0 Å². The summed E-state index contributed by atoms with van der Waals surface area (Å²) in [6.45, 7) is 10.2. The molecule has 34 heavy (non-hydrogen) atoms. The molecule has 0 saturated carbocycles. The molecule has 0 heterocycles. The summed E-state index contributed by atoms with van der Waals surface area (Å²) in [6.07, 6.45) is -2.94. The molecule has 0 unspecified atom stereocenters. The second kappa shape index (κ2) is 13.0. The van der Waals surface area contributed by atoms with Crippen LogP contribution in [0.2, 0.25) is 0 Å². The molecule has 0 aromatic heterocycles. The third-order valence-corrected chi connectivity index (χ3v) is 5.65. The molecule has 2 nitrogen and oxygen atoms in total. The summed E-state index contributed by atoms with van der Waals surface area (Å²) in [5.74, 6) is 0. The Bertz CT molecular complexity index is 1010. The molecule has 3 rings (SSSR count). The first kappa shape index (κ1) is 27.2. The van der Waals surface area contributed by atoms with Crippen LogP contribution in [0.5, 0.6) is 0 Å². The molecule has 186 valence electrons. The molecular formula is C29H39F3N2. The molecule has 0 fully saturated rings. The van der Waals surface area contributed by atoms with Crippen LogP contribution in [0.15, 0.2) is 91.1 Å². The number of halogens is 3. The number of rotatable bonds is 9. The van der Waals surface area contributed by atoms with E-state index >= 15 is 0 Å². The van der Waals surface area contributed by atoms with E-state index < -0.39 is 11.7 Å². The number of benzene rings is 3. The molecule has 2 N–H and O–H groups in total. The minimum absolute atomic E-state index is 0. The SMILES string of the molecule is C=C(NC)[C@@H](N[C@@H](CCc1ccc(C(F)(F)F)cc1)c1ccc(C)cc1)c1ccccc1.CC.[HH].[HH]. The maximum absolute atomic E-state index is 12.9. The molecule has 0 amide bonds. The molecule has 3 aromatic rings. The molecule has 2 atom stereocenters. The number of aryl methyl sites for hydroxylation is 2. The lowest BCUT2D eigenvalue weighted by Gasteiger charge is -2.28. The van der Waals surface area contributed by atoms with Crippen molar-refractivity contribution in [2.24, 2.45) is 0 Å². The highest BCUT2D eigenvalue weighted by Crippen LogP contribution is 2.30. The fraction of sp³-hybridized carbons (Fsp3) is 0.310. The molecule has 0 spiro atoms. The van der Waals surface area contributed by atoms with E-state index in [0.29, 0.717) is 6.42 Å². The van der Waals surface area contributed by atoms with Gasteiger partial charge in [0.05, 0.1) is 11.6 Å². The van der Waals surface area contributed by atoms with Gasteiger partial charge in [-0.1, -0.05) is 92.7 Å². The first-order valence-corrected chi connectivity index (χ1v) is 11.7. The minimum Gasteiger partial charge on any atom is -0.390 e. The normalized spacial score (nSPS) is 12.8. The molecule has 5 heteroatoms. The first-order chi connectivity index (χ1) is 16.3. The number of likely N-dealkylation sites (N-methyl/N-ethyl adjacent to an activating group) is 1. The maximum Gasteiger partial charge on any atom is 0.416 e. The number of nitrogens with one attached hydrogen (secondary N) is 2. The highest BCUT2D eigenvalue weighted by molar-refractivity contribution is 5.30. The zero-order valence-electron chi connectivity index (χ0n) is 20.4. The minimum atomic E-state index is -4.32. The van der Waals surface area contributed by atoms with Crippen molar-refractivity contribution < 1.29 is 16.0 Å². The van der Waals surface area contributed by atoms with Crippen molar-refractivity contribution in [3.05, 3.63) is 119 Å². The summed E-state index contributed by atoms with van der Waals surface area (Å²) in [5, 5.41) is 6.88. The third kappa shape index (κ3) is 7.77. The van der Waals surface area contributed by atoms with E-state index in [1.54, 1.807) is 12.1 Å². The topological polar surface area (TPSA) is 24.1 Å². The Morgan fingerprint density at radius 1 is 0.882 bits per heavy atom. The molecule has 0 aliphatic rings. The lowest BCUT2D eigenvalue weighted by Crippen LogP contribution is -2.31. The van der Waals surface area contributed by atoms with Crippen molar-refractivity contribution >= 4 is 0 Å². The third-order valence-electron chi connectivity index (χ3n) is 5.65. The average molecular weight is 473 g/mol. The lowest BCUT2D eigenvalue weighted by molar-refractivity contribution is -0.137. The first-order valence-electron chi connectivity index (χ1n) is 11.7. The Balaban J connectivity index is 0.00000299. The van der Waals surface area contributed by atoms with Gasteiger partial charge in [0.2, 0.25) is 0 Å². The second-order valence-electron chi connectivity index (χ2n) is 7.98. The van der Waals surface area contributed by atoms with Crippen LogP contribution in [0.1, 0.15) is 63.0 Å². The van der Waals surface area contributed by atoms with Gasteiger partial charge in [0, 0.05) is 21.6 Å². The van der Waals surface area contributed by atoms with Gasteiger partial charge in [-0.3, -0.25) is 5.32 Å². The van der Waals surface area contributed by atoms with Crippen LogP contribution in [0.3, 0.4) is 0 Å². The summed E-state index contributed by atoms with van der Waals surface area (Å²) in [4.78, 5) is 0. The van der Waals surface area contributed by atoms with Gasteiger partial charge >= 0.3 is 6.18 Å². The van der Waals surface area contributed by atoms with Crippen molar-refractivity contribution in [3.8, 4) is 0 Å². The monoisotopic (exact) mass is 472 g/mol. The Morgan fingerprint density at radius 2 is 1.47 bits per heavy atom. The Hall–Kier alpha value is -3.05. The van der Waals surface area contributed by atoms with E-state index in [0.717, 1.165) is 40.9 Å². The van der Waals surface area contributed by atoms with Crippen molar-refractivity contribution in [2.75, 3.05) is 7.05 Å². The van der Waals surface area contributed by atoms with E-state index in [2.05, 4.69) is 53.6 Å². The number of hydrogen-bond acceptors (Lipinski definition) is 2. The second-order valence-corrected chi connectivity index (χ2v) is 7.98. The maximum atomic E-state index is 12.9. The van der Waals surface area contributed by atoms with Crippen molar-refractivity contribution in [1.82, 2.24) is 10.6 Å². The molecule has 0 aliphatic heterocycles. The van der Waals surface area contributed by atoms with Crippen LogP contribution in [0, 0.1) is 6.92 Å². The van der Waals surface area contributed by atoms with Gasteiger partial charge in [0.25, 0.3) is 0 Å². The fourth-order valence-electron chi connectivity index (χ4n) is 3.71. The summed E-state index contributed by atoms with van der Waals surface area (Å²) in [7, 11) is 1.85. The largest absolute Gasteiger partial charge is 0.416 e. The molecule has 0 bridgehead atoms. The van der Waals surface area contributed by atoms with E-state index in [-0.39, 0.29) is 14.9 Å². The number of hydrogen-bond donors (Lipinski definition) is 2. The average Bonchev–Trinajstić information content (AvgIpc) is 2.86. The van der Waals surface area contributed by atoms with Crippen LogP contribution >= 0.6 is 0 Å². The predicted molar refractivity (Wildman–Crippen MR) is 140 cm³/mol. The van der Waals surface area contributed by atoms with E-state index in [4.69, 9.17) is 0 Å². The molecular weight excluding hydrogens is 433 g/mol. The summed E-state index contributed by atoms with van der Waals surface area (Å²) in [5.41, 5.74) is 4.51. The van der Waals surface area contributed by atoms with Crippen molar-refractivity contribution in [2.45, 2.75) is 51.9 Å². The van der Waals surface area contributed by atoms with Crippen molar-refractivity contribution in [1.29, 1.82) is 0 Å². The smallest absolute Gasteiger partial charge is 0.390 e. The highest BCUT2D eigenvalue weighted by atomic mass is 19.4. The zero-order chi connectivity index (χ0) is 25.1. The Kier molecular flexibility index (Phi) is 10.4. The highest BCUT2D eigenvalue weighted by Gasteiger charge is 2.30. The van der Waals surface area contributed by atoms with Gasteiger partial charge in [-0.15, -0.1) is 0 Å². The molecule has 0 saturated heterocycles. The molecule has 0 radical (unpaired) electrons. The summed E-state index contributed by atoms with van der Waals surface area (Å²) < 4.78 is 38.6. The quantitative estimate of drug-likeness (QED) is 0.327. The molecule has 0 aliphatic carbocycles. The lowest BCUT2D eigenvalue weighted by atomic mass is 9.95. The van der Waals surface area contributed by atoms with E-state index in [1.165, 1.54) is 5.56 Å². The van der Waals surface area contributed by atoms with Crippen LogP contribution in [-0.4, -0.2) is 7.05 Å². The number of alkyl halides is 3. The van der Waals surface area contributed by atoms with Gasteiger partial charge in [0.1, 0.15) is 0 Å². The van der Waals surface area contributed by atoms with Crippen molar-refractivity contribution in [3.63, 3.8) is 0 Å². The van der Waals surface area contributed by atoms with Gasteiger partial charge in [-0.05, 0) is 48.6 Å². The van der Waals surface area contributed by atoms with Crippen LogP contribution in [0.4, 0.5) is 13.2 Å². The van der Waals surface area contributed by atoms with Crippen LogP contribution < -0.4 is 10.6 Å². The standard InChI is InChI=1S/C27H29F3N2.C2H6.2H2/c1-19-9-14-22(15-10-19)25(18-13-21-11-16-24(17-12-21)27(28,29)30)32-26(20(2)31-3)23-7-5-4-6-8-23;1-2;;/h4-12,14-17,25-26,31-32H,2,13,18H2,1,3H3;1-2H3;2*1H/t25-,26+;;;/m0.../s1.